The molecule has 2 atom stereocenters. The number of carbonyl (C=O) groups is 1. The van der Waals surface area contributed by atoms with Gasteiger partial charge in [0.25, 0.3) is 0 Å². The highest BCUT2D eigenvalue weighted by molar-refractivity contribution is 5.76. The first kappa shape index (κ1) is 19.0. The first-order valence-corrected chi connectivity index (χ1v) is 6.81. The minimum Gasteiger partial charge on any atom is -0.461 e. The summed E-state index contributed by atoms with van der Waals surface area (Å²) >= 11 is 0. The molecule has 0 aliphatic heterocycles. The maximum Gasteiger partial charge on any atom is 0.573 e. The van der Waals surface area contributed by atoms with Gasteiger partial charge >= 0.3 is 12.3 Å². The summed E-state index contributed by atoms with van der Waals surface area (Å²) in [4.78, 5) is 12.1. The third-order valence-corrected chi connectivity index (χ3v) is 2.64. The van der Waals surface area contributed by atoms with Crippen molar-refractivity contribution in [1.82, 2.24) is 0 Å². The Kier molecular flexibility index (Phi) is 6.62. The molecule has 4 nitrogen and oxygen atoms in total. The van der Waals surface area contributed by atoms with E-state index in [9.17, 15) is 18.0 Å². The zero-order chi connectivity index (χ0) is 17.6. The minimum atomic E-state index is -4.84. The average Bonchev–Trinajstić information content (AvgIpc) is 2.41. The summed E-state index contributed by atoms with van der Waals surface area (Å²) in [6.07, 6.45) is -2.12. The molecule has 0 aromatic heterocycles. The Labute approximate surface area is 132 Å². The molecular weight excluding hydrogens is 313 g/mol. The van der Waals surface area contributed by atoms with Crippen LogP contribution >= 0.6 is 0 Å². The van der Waals surface area contributed by atoms with Crippen molar-refractivity contribution in [3.05, 3.63) is 48.3 Å². The predicted molar refractivity (Wildman–Crippen MR) is 78.2 cm³/mol. The van der Waals surface area contributed by atoms with Gasteiger partial charge in [0.2, 0.25) is 0 Å². The van der Waals surface area contributed by atoms with Gasteiger partial charge in [0.1, 0.15) is 18.3 Å². The van der Waals surface area contributed by atoms with Crippen LogP contribution in [0.3, 0.4) is 0 Å². The summed E-state index contributed by atoms with van der Waals surface area (Å²) in [5, 5.41) is 0. The fourth-order valence-electron chi connectivity index (χ4n) is 1.73. The van der Waals surface area contributed by atoms with Crippen molar-refractivity contribution in [2.24, 2.45) is 5.92 Å². The van der Waals surface area contributed by atoms with Crippen molar-refractivity contribution in [2.75, 3.05) is 13.2 Å². The van der Waals surface area contributed by atoms with Crippen molar-refractivity contribution in [2.45, 2.75) is 26.3 Å². The molecule has 0 saturated heterocycles. The second-order valence-corrected chi connectivity index (χ2v) is 5.30. The monoisotopic (exact) mass is 332 g/mol. The smallest absolute Gasteiger partial charge is 0.461 e. The van der Waals surface area contributed by atoms with E-state index < -0.39 is 30.1 Å². The van der Waals surface area contributed by atoms with Crippen LogP contribution in [0.5, 0.6) is 0 Å². The number of alkyl halides is 3. The number of halogens is 3. The molecule has 0 saturated carbocycles. The van der Waals surface area contributed by atoms with Gasteiger partial charge in [-0.25, -0.2) is 0 Å². The Balaban J connectivity index is 2.87. The third kappa shape index (κ3) is 7.19. The summed E-state index contributed by atoms with van der Waals surface area (Å²) in [5.41, 5.74) is 1.33. The molecule has 0 amide bonds. The van der Waals surface area contributed by atoms with Crippen LogP contribution in [-0.2, 0) is 19.0 Å². The van der Waals surface area contributed by atoms with Crippen LogP contribution < -0.4 is 0 Å². The Bertz CT molecular complexity index is 532. The number of allylic oxidation sites excluding steroid dienone is 1. The van der Waals surface area contributed by atoms with E-state index in [1.165, 1.54) is 6.08 Å². The lowest BCUT2D eigenvalue weighted by atomic mass is 9.96. The van der Waals surface area contributed by atoms with E-state index in [1.54, 1.807) is 13.8 Å². The number of hydrogen-bond donors (Lipinski definition) is 0. The van der Waals surface area contributed by atoms with Crippen LogP contribution in [0.1, 0.15) is 13.8 Å². The zero-order valence-corrected chi connectivity index (χ0v) is 13.0. The number of ether oxygens (including phenoxy) is 3. The van der Waals surface area contributed by atoms with Gasteiger partial charge in [-0.15, -0.1) is 13.2 Å². The maximum absolute atomic E-state index is 12.3. The lowest BCUT2D eigenvalue weighted by Crippen LogP contribution is -2.32. The van der Waals surface area contributed by atoms with Crippen LogP contribution in [0.25, 0.3) is 0 Å². The molecule has 0 aromatic carbocycles. The molecule has 7 heteroatoms. The lowest BCUT2D eigenvalue weighted by molar-refractivity contribution is -0.303. The van der Waals surface area contributed by atoms with Crippen LogP contribution in [0.2, 0.25) is 0 Å². The topological polar surface area (TPSA) is 44.8 Å². The van der Waals surface area contributed by atoms with Crippen LogP contribution in [0, 0.1) is 5.92 Å². The summed E-state index contributed by atoms with van der Waals surface area (Å²) in [7, 11) is 0. The Morgan fingerprint density at radius 2 is 1.83 bits per heavy atom. The molecule has 23 heavy (non-hydrogen) atoms. The minimum absolute atomic E-state index is 0.0183. The first-order chi connectivity index (χ1) is 10.6. The fourth-order valence-corrected chi connectivity index (χ4v) is 1.73. The van der Waals surface area contributed by atoms with E-state index in [4.69, 9.17) is 9.47 Å². The quantitative estimate of drug-likeness (QED) is 0.527. The molecule has 2 unspecified atom stereocenters. The summed E-state index contributed by atoms with van der Waals surface area (Å²) in [6.45, 7) is 10.8. The molecule has 0 heterocycles. The second kappa shape index (κ2) is 8.01. The molecule has 0 bridgehead atoms. The van der Waals surface area contributed by atoms with E-state index in [-0.39, 0.29) is 13.2 Å². The molecular formula is C16H19F3O4. The SMILES string of the molecule is C=C(C)COC(=O)C1C=C(OC(F)(F)F)C=CC1OCC(=C)C. The van der Waals surface area contributed by atoms with E-state index in [0.717, 1.165) is 12.2 Å². The molecule has 0 aromatic rings. The Hall–Kier alpha value is -2.02. The van der Waals surface area contributed by atoms with Crippen LogP contribution in [0.15, 0.2) is 48.3 Å². The fraction of sp³-hybridized carbons (Fsp3) is 0.438. The van der Waals surface area contributed by atoms with Crippen molar-refractivity contribution in [1.29, 1.82) is 0 Å². The van der Waals surface area contributed by atoms with Gasteiger partial charge in [0, 0.05) is 0 Å². The molecule has 0 spiro atoms. The highest BCUT2D eigenvalue weighted by Crippen LogP contribution is 2.28. The summed E-state index contributed by atoms with van der Waals surface area (Å²) in [5.74, 6) is -2.24. The highest BCUT2D eigenvalue weighted by atomic mass is 19.4. The molecule has 1 rings (SSSR count). The van der Waals surface area contributed by atoms with Crippen molar-refractivity contribution < 1.29 is 32.2 Å². The molecule has 1 aliphatic carbocycles. The average molecular weight is 332 g/mol. The van der Waals surface area contributed by atoms with Gasteiger partial charge in [-0.2, -0.15) is 0 Å². The van der Waals surface area contributed by atoms with Crippen LogP contribution in [-0.4, -0.2) is 31.6 Å². The molecule has 0 fully saturated rings. The number of esters is 1. The number of carbonyl (C=O) groups excluding carboxylic acids is 1. The molecule has 128 valence electrons. The van der Waals surface area contributed by atoms with Crippen molar-refractivity contribution >= 4 is 5.97 Å². The Morgan fingerprint density at radius 1 is 1.22 bits per heavy atom. The van der Waals surface area contributed by atoms with E-state index >= 15 is 0 Å². The van der Waals surface area contributed by atoms with Gasteiger partial charge in [0.15, 0.2) is 0 Å². The predicted octanol–water partition coefficient (Wildman–Crippen LogP) is 3.67. The van der Waals surface area contributed by atoms with Gasteiger partial charge in [0.05, 0.1) is 12.7 Å². The molecule has 0 radical (unpaired) electrons. The van der Waals surface area contributed by atoms with Gasteiger partial charge < -0.3 is 14.2 Å². The van der Waals surface area contributed by atoms with Crippen molar-refractivity contribution in [3.8, 4) is 0 Å². The van der Waals surface area contributed by atoms with Gasteiger partial charge in [-0.05, 0) is 31.6 Å². The summed E-state index contributed by atoms with van der Waals surface area (Å²) in [6, 6.07) is 0. The number of hydrogen-bond acceptors (Lipinski definition) is 4. The van der Waals surface area contributed by atoms with E-state index in [2.05, 4.69) is 17.9 Å². The van der Waals surface area contributed by atoms with Gasteiger partial charge in [-0.3, -0.25) is 4.79 Å². The molecule has 0 N–H and O–H groups in total. The largest absolute Gasteiger partial charge is 0.573 e. The van der Waals surface area contributed by atoms with Crippen LogP contribution in [0.4, 0.5) is 13.2 Å². The second-order valence-electron chi connectivity index (χ2n) is 5.30. The normalized spacial score (nSPS) is 20.7. The van der Waals surface area contributed by atoms with Crippen molar-refractivity contribution in [3.63, 3.8) is 0 Å². The van der Waals surface area contributed by atoms with E-state index in [1.807, 2.05) is 0 Å². The zero-order valence-electron chi connectivity index (χ0n) is 13.0. The summed E-state index contributed by atoms with van der Waals surface area (Å²) < 4.78 is 51.2. The first-order valence-electron chi connectivity index (χ1n) is 6.81. The van der Waals surface area contributed by atoms with Gasteiger partial charge in [-0.1, -0.05) is 24.8 Å². The highest BCUT2D eigenvalue weighted by Gasteiger charge is 2.35. The number of rotatable bonds is 7. The molecule has 1 aliphatic rings. The van der Waals surface area contributed by atoms with E-state index in [0.29, 0.717) is 11.1 Å². The maximum atomic E-state index is 12.3. The lowest BCUT2D eigenvalue weighted by Gasteiger charge is -2.25. The third-order valence-electron chi connectivity index (χ3n) is 2.64. The standard InChI is InChI=1S/C16H19F3O4/c1-10(2)8-21-14-6-5-12(23-16(17,18)19)7-13(14)15(20)22-9-11(3)4/h5-7,13-14H,1,3,8-9H2,2,4H3. The Morgan fingerprint density at radius 3 is 2.35 bits per heavy atom.